The number of hydrogen-bond acceptors (Lipinski definition) is 4. The predicted molar refractivity (Wildman–Crippen MR) is 71.4 cm³/mol. The molecule has 0 amide bonds. The second-order valence-corrected chi connectivity index (χ2v) is 3.93. The van der Waals surface area contributed by atoms with Crippen molar-refractivity contribution in [3.63, 3.8) is 0 Å². The molecule has 1 atom stereocenters. The molecule has 6 heteroatoms. The Balaban J connectivity index is 0.000000511. The number of carboxylic acids is 2. The van der Waals surface area contributed by atoms with Crippen molar-refractivity contribution < 1.29 is 24.7 Å². The van der Waals surface area contributed by atoms with E-state index in [9.17, 15) is 0 Å². The van der Waals surface area contributed by atoms with Gasteiger partial charge < -0.3 is 19.9 Å². The molecule has 0 bridgehead atoms. The van der Waals surface area contributed by atoms with Crippen LogP contribution < -0.4 is 10.0 Å². The lowest BCUT2D eigenvalue weighted by Crippen LogP contribution is -3.08. The van der Waals surface area contributed by atoms with E-state index in [-0.39, 0.29) is 0 Å². The highest BCUT2D eigenvalue weighted by Crippen LogP contribution is 2.04. The summed E-state index contributed by atoms with van der Waals surface area (Å²) < 4.78 is 0. The topological polar surface area (TPSA) is 94.8 Å². The average molecular weight is 276 g/mol. The molecular formula is C14H16N2O4. The molecule has 20 heavy (non-hydrogen) atoms. The minimum absolute atomic E-state index is 0.714. The molecule has 1 heterocycles. The molecule has 0 aromatic carbocycles. The van der Waals surface area contributed by atoms with Crippen LogP contribution in [0.3, 0.4) is 0 Å². The number of terminal acetylenes is 1. The number of likely N-dealkylation sites (N-methyl/N-ethyl adjacent to an activating group) is 1. The van der Waals surface area contributed by atoms with Crippen LogP contribution >= 0.6 is 0 Å². The average Bonchev–Trinajstić information content (AvgIpc) is 2.40. The predicted octanol–water partition coefficient (Wildman–Crippen LogP) is -1.94. The number of quaternary nitrogens is 1. The maximum atomic E-state index is 9.04. The molecule has 1 unspecified atom stereocenters. The van der Waals surface area contributed by atoms with Crippen LogP contribution in [0.5, 0.6) is 0 Å². The maximum Gasteiger partial charge on any atom is 0.351 e. The number of rotatable bonds is 4. The van der Waals surface area contributed by atoms with E-state index in [0.29, 0.717) is 6.54 Å². The molecule has 0 spiro atoms. The lowest BCUT2D eigenvalue weighted by Gasteiger charge is -2.11. The summed E-state index contributed by atoms with van der Waals surface area (Å²) >= 11 is 0. The van der Waals surface area contributed by atoms with Gasteiger partial charge in [-0.3, -0.25) is 4.98 Å². The van der Waals surface area contributed by atoms with Gasteiger partial charge in [-0.05, 0) is 18.1 Å². The number of nitrogens with one attached hydrogen (secondary N) is 1. The van der Waals surface area contributed by atoms with Gasteiger partial charge in [0.1, 0.15) is 13.1 Å². The molecule has 1 aromatic rings. The van der Waals surface area contributed by atoms with Gasteiger partial charge in [0.2, 0.25) is 0 Å². The van der Waals surface area contributed by atoms with Crippen molar-refractivity contribution in [2.75, 3.05) is 20.1 Å². The first kappa shape index (κ1) is 17.4. The van der Waals surface area contributed by atoms with Crippen LogP contribution in [0.2, 0.25) is 0 Å². The van der Waals surface area contributed by atoms with E-state index in [1.807, 2.05) is 25.2 Å². The summed E-state index contributed by atoms with van der Waals surface area (Å²) in [4.78, 5) is 23.5. The number of carbonyl (C=O) groups excluding carboxylic acids is 1. The van der Waals surface area contributed by atoms with Crippen LogP contribution in [0.15, 0.2) is 31.0 Å². The number of nitrogens with zero attached hydrogens (tertiary/aromatic N) is 1. The van der Waals surface area contributed by atoms with Crippen LogP contribution in [-0.4, -0.2) is 42.2 Å². The monoisotopic (exact) mass is 276 g/mol. The summed E-state index contributed by atoms with van der Waals surface area (Å²) in [6.07, 6.45) is 7.00. The van der Waals surface area contributed by atoms with Gasteiger partial charge in [-0.25, -0.2) is 4.79 Å². The van der Waals surface area contributed by atoms with Crippen molar-refractivity contribution >= 4 is 17.5 Å². The quantitative estimate of drug-likeness (QED) is 0.493. The van der Waals surface area contributed by atoms with E-state index < -0.39 is 11.9 Å². The zero-order chi connectivity index (χ0) is 15.5. The molecule has 0 fully saturated rings. The van der Waals surface area contributed by atoms with Gasteiger partial charge in [-0.1, -0.05) is 12.6 Å². The lowest BCUT2D eigenvalue weighted by molar-refractivity contribution is -0.863. The van der Waals surface area contributed by atoms with E-state index in [1.165, 1.54) is 4.90 Å². The van der Waals surface area contributed by atoms with Gasteiger partial charge >= 0.3 is 5.97 Å². The molecule has 0 saturated heterocycles. The highest BCUT2D eigenvalue weighted by Gasteiger charge is 2.05. The van der Waals surface area contributed by atoms with Crippen molar-refractivity contribution in [1.82, 2.24) is 4.98 Å². The van der Waals surface area contributed by atoms with E-state index >= 15 is 0 Å². The molecule has 0 aliphatic heterocycles. The van der Waals surface area contributed by atoms with Crippen molar-refractivity contribution in [2.24, 2.45) is 0 Å². The Morgan fingerprint density at radius 3 is 2.55 bits per heavy atom. The first-order valence-corrected chi connectivity index (χ1v) is 5.66. The number of carbonyl (C=O) groups is 2. The second kappa shape index (κ2) is 9.30. The van der Waals surface area contributed by atoms with Gasteiger partial charge in [-0.2, -0.15) is 0 Å². The summed E-state index contributed by atoms with van der Waals surface area (Å²) in [5.41, 5.74) is 1.97. The van der Waals surface area contributed by atoms with Gasteiger partial charge in [0.25, 0.3) is 0 Å². The van der Waals surface area contributed by atoms with Gasteiger partial charge in [0.05, 0.1) is 12.7 Å². The molecule has 1 aromatic heterocycles. The Bertz CT molecular complexity index is 494. The third-order valence-electron chi connectivity index (χ3n) is 2.12. The van der Waals surface area contributed by atoms with E-state index in [1.54, 1.807) is 6.20 Å². The molecule has 2 N–H and O–H groups in total. The molecule has 0 radical (unpaired) electrons. The Morgan fingerprint density at radius 1 is 1.55 bits per heavy atom. The largest absolute Gasteiger partial charge is 0.539 e. The summed E-state index contributed by atoms with van der Waals surface area (Å²) in [6.45, 7) is 5.54. The smallest absolute Gasteiger partial charge is 0.351 e. The van der Waals surface area contributed by atoms with Gasteiger partial charge in [-0.15, -0.1) is 6.42 Å². The van der Waals surface area contributed by atoms with E-state index in [2.05, 4.69) is 17.5 Å². The summed E-state index contributed by atoms with van der Waals surface area (Å²) in [5.74, 6) is -1.38. The molecule has 0 aliphatic carbocycles. The highest BCUT2D eigenvalue weighted by molar-refractivity contribution is 6.26. The highest BCUT2D eigenvalue weighted by atomic mass is 16.4. The fourth-order valence-corrected chi connectivity index (χ4v) is 1.26. The Labute approximate surface area is 117 Å². The van der Waals surface area contributed by atoms with Crippen molar-refractivity contribution in [2.45, 2.75) is 0 Å². The number of hydrogen-bond donors (Lipinski definition) is 2. The van der Waals surface area contributed by atoms with Crippen LogP contribution in [0.4, 0.5) is 0 Å². The zero-order valence-corrected chi connectivity index (χ0v) is 11.1. The lowest BCUT2D eigenvalue weighted by atomic mass is 10.2. The first-order valence-electron chi connectivity index (χ1n) is 5.66. The number of aromatic nitrogens is 1. The minimum Gasteiger partial charge on any atom is -0.539 e. The third kappa shape index (κ3) is 7.63. The standard InChI is InChI=1S/C12H14N2.C2H2O4/c1-4-9-14(3)10-11(2)12-7-5-6-8-13-12;3-1(4)2(5)6/h1,5-8H,2,9-10H2,3H3;(H,3,4)(H,5,6). The normalized spacial score (nSPS) is 10.4. The maximum absolute atomic E-state index is 9.04. The molecular weight excluding hydrogens is 260 g/mol. The SMILES string of the molecule is C#CC[NH+](C)CC(=C)c1ccccn1.O=C([O-])C(=O)O. The van der Waals surface area contributed by atoms with Crippen LogP contribution in [0, 0.1) is 12.3 Å². The first-order chi connectivity index (χ1) is 9.38. The fourth-order valence-electron chi connectivity index (χ4n) is 1.26. The number of aliphatic carboxylic acids is 2. The molecule has 0 saturated carbocycles. The number of carboxylic acid groups (broad SMARTS) is 2. The zero-order valence-electron chi connectivity index (χ0n) is 11.1. The van der Waals surface area contributed by atoms with Crippen molar-refractivity contribution in [3.05, 3.63) is 36.7 Å². The summed E-state index contributed by atoms with van der Waals surface area (Å²) in [6, 6.07) is 5.82. The Kier molecular flexibility index (Phi) is 8.07. The number of pyridine rings is 1. The van der Waals surface area contributed by atoms with Gasteiger partial charge in [0, 0.05) is 11.8 Å². The minimum atomic E-state index is -2.07. The molecule has 6 nitrogen and oxygen atoms in total. The summed E-state index contributed by atoms with van der Waals surface area (Å²) in [5, 5.41) is 16.3. The summed E-state index contributed by atoms with van der Waals surface area (Å²) in [7, 11) is 2.05. The molecule has 0 aliphatic rings. The Hall–Kier alpha value is -2.65. The Morgan fingerprint density at radius 2 is 2.15 bits per heavy atom. The van der Waals surface area contributed by atoms with E-state index in [0.717, 1.165) is 17.8 Å². The van der Waals surface area contributed by atoms with Crippen molar-refractivity contribution in [3.8, 4) is 12.3 Å². The van der Waals surface area contributed by atoms with Crippen LogP contribution in [-0.2, 0) is 9.59 Å². The third-order valence-corrected chi connectivity index (χ3v) is 2.12. The van der Waals surface area contributed by atoms with E-state index in [4.69, 9.17) is 26.2 Å². The molecule has 1 rings (SSSR count). The fraction of sp³-hybridized carbons (Fsp3) is 0.214. The van der Waals surface area contributed by atoms with Crippen LogP contribution in [0.25, 0.3) is 5.57 Å². The second-order valence-electron chi connectivity index (χ2n) is 3.93. The van der Waals surface area contributed by atoms with Crippen LogP contribution in [0.1, 0.15) is 5.69 Å². The van der Waals surface area contributed by atoms with Gasteiger partial charge in [0.15, 0.2) is 5.97 Å². The van der Waals surface area contributed by atoms with Crippen molar-refractivity contribution in [1.29, 1.82) is 0 Å². The molecule has 106 valence electrons.